The highest BCUT2D eigenvalue weighted by atomic mass is 19.1. The summed E-state index contributed by atoms with van der Waals surface area (Å²) < 4.78 is 19.4. The Bertz CT molecular complexity index is 471. The molecule has 0 radical (unpaired) electrons. The summed E-state index contributed by atoms with van der Waals surface area (Å²) >= 11 is 0. The van der Waals surface area contributed by atoms with Crippen LogP contribution in [0.4, 0.5) is 10.1 Å². The third kappa shape index (κ3) is 3.35. The van der Waals surface area contributed by atoms with Gasteiger partial charge in [0.2, 0.25) is 0 Å². The molecule has 1 fully saturated rings. The fourth-order valence-corrected chi connectivity index (χ4v) is 2.47. The van der Waals surface area contributed by atoms with Crippen molar-refractivity contribution in [1.82, 2.24) is 4.90 Å². The lowest BCUT2D eigenvalue weighted by Crippen LogP contribution is -2.47. The van der Waals surface area contributed by atoms with Gasteiger partial charge in [-0.3, -0.25) is 9.69 Å². The maximum absolute atomic E-state index is 14.3. The van der Waals surface area contributed by atoms with Crippen LogP contribution < -0.4 is 4.90 Å². The van der Waals surface area contributed by atoms with Crippen LogP contribution in [0, 0.1) is 5.82 Å². The lowest BCUT2D eigenvalue weighted by atomic mass is 10.1. The summed E-state index contributed by atoms with van der Waals surface area (Å²) in [5.41, 5.74) is 0.702. The van der Waals surface area contributed by atoms with Crippen molar-refractivity contribution in [3.63, 3.8) is 0 Å². The normalized spacial score (nSPS) is 16.4. The number of carbonyl (C=O) groups is 1. The van der Waals surface area contributed by atoms with Gasteiger partial charge in [0.05, 0.1) is 17.9 Å². The Morgan fingerprint density at radius 2 is 2.00 bits per heavy atom. The molecule has 1 aliphatic rings. The maximum Gasteiger partial charge on any atom is 0.162 e. The lowest BCUT2D eigenvalue weighted by molar-refractivity contribution is 0.101. The number of nitrogens with zero attached hydrogens (tertiary/aromatic N) is 2. The molecule has 20 heavy (non-hydrogen) atoms. The average molecular weight is 280 g/mol. The van der Waals surface area contributed by atoms with E-state index in [0.29, 0.717) is 12.3 Å². The summed E-state index contributed by atoms with van der Waals surface area (Å²) in [6.07, 6.45) is 0. The predicted octanol–water partition coefficient (Wildman–Crippen LogP) is 1.80. The van der Waals surface area contributed by atoms with E-state index < -0.39 is 5.82 Å². The Morgan fingerprint density at radius 3 is 2.60 bits per heavy atom. The van der Waals surface area contributed by atoms with Crippen molar-refractivity contribution in [2.75, 3.05) is 51.3 Å². The van der Waals surface area contributed by atoms with E-state index in [1.54, 1.807) is 19.2 Å². The van der Waals surface area contributed by atoms with Crippen LogP contribution in [0.25, 0.3) is 0 Å². The first-order chi connectivity index (χ1) is 9.63. The molecule has 0 bridgehead atoms. The molecule has 1 saturated heterocycles. The van der Waals surface area contributed by atoms with Crippen molar-refractivity contribution < 1.29 is 13.9 Å². The Kier molecular flexibility index (Phi) is 5.09. The molecule has 0 aromatic heterocycles. The van der Waals surface area contributed by atoms with Crippen molar-refractivity contribution in [1.29, 1.82) is 0 Å². The van der Waals surface area contributed by atoms with Crippen molar-refractivity contribution in [3.05, 3.63) is 29.6 Å². The molecule has 0 N–H and O–H groups in total. The quantitative estimate of drug-likeness (QED) is 0.770. The van der Waals surface area contributed by atoms with E-state index in [1.807, 2.05) is 4.90 Å². The van der Waals surface area contributed by atoms with E-state index in [1.165, 1.54) is 13.0 Å². The first kappa shape index (κ1) is 14.9. The zero-order chi connectivity index (χ0) is 14.5. The Balaban J connectivity index is 2.04. The third-order valence-electron chi connectivity index (χ3n) is 3.68. The molecule has 2 rings (SSSR count). The van der Waals surface area contributed by atoms with Crippen LogP contribution in [0.2, 0.25) is 0 Å². The van der Waals surface area contributed by atoms with Crippen LogP contribution in [-0.4, -0.2) is 57.1 Å². The number of rotatable bonds is 5. The number of Topliss-reactive ketones (excluding diaryl/α,β-unsaturated/α-hetero) is 1. The third-order valence-corrected chi connectivity index (χ3v) is 3.68. The molecule has 110 valence electrons. The minimum Gasteiger partial charge on any atom is -0.383 e. The highest BCUT2D eigenvalue weighted by Crippen LogP contribution is 2.23. The summed E-state index contributed by atoms with van der Waals surface area (Å²) in [7, 11) is 1.69. The van der Waals surface area contributed by atoms with Crippen LogP contribution in [0.1, 0.15) is 17.3 Å². The number of ketones is 1. The Hall–Kier alpha value is -1.46. The van der Waals surface area contributed by atoms with E-state index in [-0.39, 0.29) is 11.3 Å². The van der Waals surface area contributed by atoms with Crippen molar-refractivity contribution >= 4 is 11.5 Å². The van der Waals surface area contributed by atoms with E-state index >= 15 is 0 Å². The van der Waals surface area contributed by atoms with Crippen LogP contribution >= 0.6 is 0 Å². The summed E-state index contributed by atoms with van der Waals surface area (Å²) in [4.78, 5) is 15.7. The fraction of sp³-hybridized carbons (Fsp3) is 0.533. The van der Waals surface area contributed by atoms with E-state index in [9.17, 15) is 9.18 Å². The van der Waals surface area contributed by atoms with Gasteiger partial charge in [-0.05, 0) is 19.1 Å². The minimum absolute atomic E-state index is 0.171. The molecule has 1 aliphatic heterocycles. The second kappa shape index (κ2) is 6.81. The fourth-order valence-electron chi connectivity index (χ4n) is 2.47. The molecule has 1 aromatic carbocycles. The summed E-state index contributed by atoms with van der Waals surface area (Å²) in [5.74, 6) is -0.631. The first-order valence-electron chi connectivity index (χ1n) is 6.89. The van der Waals surface area contributed by atoms with Crippen LogP contribution in [0.15, 0.2) is 18.2 Å². The van der Waals surface area contributed by atoms with Gasteiger partial charge < -0.3 is 9.64 Å². The number of piperazine rings is 1. The maximum atomic E-state index is 14.3. The van der Waals surface area contributed by atoms with Gasteiger partial charge in [0.25, 0.3) is 0 Å². The van der Waals surface area contributed by atoms with Gasteiger partial charge in [-0.2, -0.15) is 0 Å². The molecule has 0 spiro atoms. The second-order valence-corrected chi connectivity index (χ2v) is 5.02. The summed E-state index contributed by atoms with van der Waals surface area (Å²) in [6.45, 7) is 6.31. The number of methoxy groups -OCH3 is 1. The minimum atomic E-state index is -0.398. The second-order valence-electron chi connectivity index (χ2n) is 5.02. The van der Waals surface area contributed by atoms with Gasteiger partial charge in [0.15, 0.2) is 11.6 Å². The first-order valence-corrected chi connectivity index (χ1v) is 6.89. The smallest absolute Gasteiger partial charge is 0.162 e. The van der Waals surface area contributed by atoms with E-state index in [0.717, 1.165) is 32.7 Å². The molecule has 1 heterocycles. The van der Waals surface area contributed by atoms with Gasteiger partial charge in [-0.1, -0.05) is 6.07 Å². The van der Waals surface area contributed by atoms with Crippen LogP contribution in [-0.2, 0) is 4.74 Å². The zero-order valence-electron chi connectivity index (χ0n) is 12.1. The van der Waals surface area contributed by atoms with E-state index in [2.05, 4.69) is 4.90 Å². The number of halogens is 1. The number of anilines is 1. The highest BCUT2D eigenvalue weighted by molar-refractivity contribution is 5.95. The average Bonchev–Trinajstić information content (AvgIpc) is 2.46. The molecule has 0 amide bonds. The highest BCUT2D eigenvalue weighted by Gasteiger charge is 2.21. The SMILES string of the molecule is COCCN1CCN(c2cccc(C(C)=O)c2F)CC1. The molecule has 0 atom stereocenters. The van der Waals surface area contributed by atoms with Gasteiger partial charge in [0, 0.05) is 39.8 Å². The van der Waals surface area contributed by atoms with Gasteiger partial charge >= 0.3 is 0 Å². The molecule has 1 aromatic rings. The summed E-state index contributed by atoms with van der Waals surface area (Å²) in [5, 5.41) is 0. The monoisotopic (exact) mass is 280 g/mol. The Morgan fingerprint density at radius 1 is 1.30 bits per heavy atom. The molecule has 5 heteroatoms. The summed E-state index contributed by atoms with van der Waals surface area (Å²) in [6, 6.07) is 5.02. The van der Waals surface area contributed by atoms with Crippen LogP contribution in [0.5, 0.6) is 0 Å². The number of carbonyl (C=O) groups excluding carboxylic acids is 1. The van der Waals surface area contributed by atoms with Crippen molar-refractivity contribution in [2.45, 2.75) is 6.92 Å². The zero-order valence-corrected chi connectivity index (χ0v) is 12.1. The Labute approximate surface area is 119 Å². The number of hydrogen-bond acceptors (Lipinski definition) is 4. The number of benzene rings is 1. The predicted molar refractivity (Wildman–Crippen MR) is 76.9 cm³/mol. The number of ether oxygens (including phenoxy) is 1. The molecular weight excluding hydrogens is 259 g/mol. The molecule has 0 aliphatic carbocycles. The van der Waals surface area contributed by atoms with E-state index in [4.69, 9.17) is 4.74 Å². The standard InChI is InChI=1S/C15H21FN2O2/c1-12(19)13-4-3-5-14(15(13)16)18-8-6-17(7-9-18)10-11-20-2/h3-5H,6-11H2,1-2H3. The molecule has 0 saturated carbocycles. The molecular formula is C15H21FN2O2. The van der Waals surface area contributed by atoms with Gasteiger partial charge in [0.1, 0.15) is 0 Å². The number of hydrogen-bond donors (Lipinski definition) is 0. The molecule has 0 unspecified atom stereocenters. The van der Waals surface area contributed by atoms with Crippen molar-refractivity contribution in [2.24, 2.45) is 0 Å². The molecule has 4 nitrogen and oxygen atoms in total. The van der Waals surface area contributed by atoms with Crippen LogP contribution in [0.3, 0.4) is 0 Å². The topological polar surface area (TPSA) is 32.8 Å². The largest absolute Gasteiger partial charge is 0.383 e. The van der Waals surface area contributed by atoms with Gasteiger partial charge in [-0.25, -0.2) is 4.39 Å². The lowest BCUT2D eigenvalue weighted by Gasteiger charge is -2.36. The van der Waals surface area contributed by atoms with Crippen molar-refractivity contribution in [3.8, 4) is 0 Å². The van der Waals surface area contributed by atoms with Gasteiger partial charge in [-0.15, -0.1) is 0 Å².